The van der Waals surface area contributed by atoms with Crippen molar-refractivity contribution in [3.05, 3.63) is 102 Å². The van der Waals surface area contributed by atoms with Gasteiger partial charge < -0.3 is 15.4 Å². The first-order chi connectivity index (χ1) is 17.2. The zero-order chi connectivity index (χ0) is 26.1. The van der Waals surface area contributed by atoms with E-state index in [1.807, 2.05) is 36.4 Å². The summed E-state index contributed by atoms with van der Waals surface area (Å²) < 4.78 is 5.42. The van der Waals surface area contributed by atoms with Crippen molar-refractivity contribution >= 4 is 29.3 Å². The Balaban J connectivity index is 1.64. The van der Waals surface area contributed by atoms with E-state index in [4.69, 9.17) is 4.74 Å². The van der Waals surface area contributed by atoms with Crippen molar-refractivity contribution in [1.29, 1.82) is 0 Å². The van der Waals surface area contributed by atoms with Gasteiger partial charge in [0.1, 0.15) is 0 Å². The number of hydrogen-bond acceptors (Lipinski definition) is 5. The highest BCUT2D eigenvalue weighted by Gasteiger charge is 2.24. The average molecular weight is 487 g/mol. The maximum Gasteiger partial charge on any atom is 0.308 e. The lowest BCUT2D eigenvalue weighted by Crippen LogP contribution is -2.32. The van der Waals surface area contributed by atoms with E-state index in [9.17, 15) is 19.2 Å². The Bertz CT molecular complexity index is 1190. The van der Waals surface area contributed by atoms with Crippen LogP contribution < -0.4 is 10.6 Å². The number of esters is 1. The highest BCUT2D eigenvalue weighted by Crippen LogP contribution is 2.20. The van der Waals surface area contributed by atoms with Crippen molar-refractivity contribution in [1.82, 2.24) is 5.32 Å². The molecule has 2 N–H and O–H groups in total. The molecule has 0 spiro atoms. The Morgan fingerprint density at radius 3 is 1.92 bits per heavy atom. The molecule has 3 aromatic carbocycles. The zero-order valence-electron chi connectivity index (χ0n) is 20.6. The van der Waals surface area contributed by atoms with Crippen LogP contribution in [0.5, 0.6) is 0 Å². The molecule has 2 amide bonds. The van der Waals surface area contributed by atoms with E-state index < -0.39 is 18.1 Å². The molecule has 0 heterocycles. The van der Waals surface area contributed by atoms with Gasteiger partial charge in [0.05, 0.1) is 12.5 Å². The number of nitrogens with one attached hydrogen (secondary N) is 2. The minimum atomic E-state index is -1.02. The van der Waals surface area contributed by atoms with Crippen LogP contribution in [0.1, 0.15) is 59.5 Å². The number of carbonyl (C=O) groups excluding carboxylic acids is 4. The summed E-state index contributed by atoms with van der Waals surface area (Å²) in [4.78, 5) is 50.1. The second kappa shape index (κ2) is 12.4. The molecule has 3 rings (SSSR count). The number of rotatable bonds is 10. The Labute approximate surface area is 210 Å². The molecule has 3 aromatic rings. The van der Waals surface area contributed by atoms with Crippen LogP contribution in [-0.4, -0.2) is 29.7 Å². The predicted molar refractivity (Wildman–Crippen MR) is 138 cm³/mol. The minimum absolute atomic E-state index is 0.122. The molecular formula is C29H30N2O5. The first-order valence-corrected chi connectivity index (χ1v) is 11.8. The van der Waals surface area contributed by atoms with E-state index in [2.05, 4.69) is 10.6 Å². The van der Waals surface area contributed by atoms with Gasteiger partial charge in [0.2, 0.25) is 11.7 Å². The Kier molecular flexibility index (Phi) is 9.11. The van der Waals surface area contributed by atoms with Crippen LogP contribution in [0.15, 0.2) is 84.9 Å². The monoisotopic (exact) mass is 486 g/mol. The highest BCUT2D eigenvalue weighted by atomic mass is 16.5. The number of Topliss-reactive ketones (excluding diaryl/α,β-unsaturated/α-hetero) is 1. The third-order valence-electron chi connectivity index (χ3n) is 5.55. The molecular weight excluding hydrogens is 456 g/mol. The number of ketones is 1. The van der Waals surface area contributed by atoms with Gasteiger partial charge in [-0.15, -0.1) is 0 Å². The van der Waals surface area contributed by atoms with Crippen LogP contribution in [0, 0.1) is 5.92 Å². The quantitative estimate of drug-likeness (QED) is 0.312. The molecule has 7 heteroatoms. The van der Waals surface area contributed by atoms with Gasteiger partial charge in [-0.25, -0.2) is 0 Å². The molecule has 0 saturated carbocycles. The van der Waals surface area contributed by atoms with Gasteiger partial charge in [0.25, 0.3) is 5.91 Å². The maximum absolute atomic E-state index is 12.8. The molecule has 0 aliphatic carbocycles. The lowest BCUT2D eigenvalue weighted by atomic mass is 10.0. The third-order valence-corrected chi connectivity index (χ3v) is 5.55. The summed E-state index contributed by atoms with van der Waals surface area (Å²) in [6, 6.07) is 23.6. The number of benzene rings is 3. The minimum Gasteiger partial charge on any atom is -0.454 e. The van der Waals surface area contributed by atoms with Crippen molar-refractivity contribution < 1.29 is 23.9 Å². The van der Waals surface area contributed by atoms with Crippen LogP contribution in [0.3, 0.4) is 0 Å². The molecule has 186 valence electrons. The van der Waals surface area contributed by atoms with Crippen LogP contribution in [0.4, 0.5) is 5.69 Å². The van der Waals surface area contributed by atoms with E-state index in [-0.39, 0.29) is 29.9 Å². The molecule has 7 nitrogen and oxygen atoms in total. The standard InChI is InChI=1S/C29H30N2O5/c1-19(2)28(34)30-24-16-14-22(15-17-24)27(33)20(3)36-26(32)18-25(21-10-6-4-7-11-21)31-29(35)23-12-8-5-9-13-23/h4-17,19-20,25H,18H2,1-3H3,(H,30,34)(H,31,35). The molecule has 0 bridgehead atoms. The zero-order valence-corrected chi connectivity index (χ0v) is 20.6. The highest BCUT2D eigenvalue weighted by molar-refractivity contribution is 6.01. The molecule has 2 atom stereocenters. The summed E-state index contributed by atoms with van der Waals surface area (Å²) in [5, 5.41) is 5.65. The van der Waals surface area contributed by atoms with Gasteiger partial charge in [0, 0.05) is 22.7 Å². The van der Waals surface area contributed by atoms with E-state index in [0.717, 1.165) is 5.56 Å². The normalized spacial score (nSPS) is 12.3. The van der Waals surface area contributed by atoms with Crippen molar-refractivity contribution in [2.24, 2.45) is 5.92 Å². The van der Waals surface area contributed by atoms with Crippen LogP contribution in [0.25, 0.3) is 0 Å². The van der Waals surface area contributed by atoms with Gasteiger partial charge in [-0.05, 0) is 48.9 Å². The Morgan fingerprint density at radius 2 is 1.33 bits per heavy atom. The first-order valence-electron chi connectivity index (χ1n) is 11.8. The van der Waals surface area contributed by atoms with Gasteiger partial charge >= 0.3 is 5.97 Å². The number of hydrogen-bond donors (Lipinski definition) is 2. The molecule has 0 fully saturated rings. The van der Waals surface area contributed by atoms with Crippen molar-refractivity contribution in [3.63, 3.8) is 0 Å². The summed E-state index contributed by atoms with van der Waals surface area (Å²) in [5.41, 5.74) is 2.16. The smallest absolute Gasteiger partial charge is 0.308 e. The number of amides is 2. The second-order valence-corrected chi connectivity index (χ2v) is 8.72. The molecule has 0 saturated heterocycles. The molecule has 0 aliphatic rings. The topological polar surface area (TPSA) is 102 Å². The van der Waals surface area contributed by atoms with Gasteiger partial charge in [-0.1, -0.05) is 62.4 Å². The Hall–Kier alpha value is -4.26. The molecule has 2 unspecified atom stereocenters. The largest absolute Gasteiger partial charge is 0.454 e. The summed E-state index contributed by atoms with van der Waals surface area (Å²) in [6.45, 7) is 5.09. The van der Waals surface area contributed by atoms with E-state index in [1.54, 1.807) is 62.4 Å². The third kappa shape index (κ3) is 7.37. The number of anilines is 1. The summed E-state index contributed by atoms with van der Waals surface area (Å²) in [6.07, 6.45) is -1.16. The van der Waals surface area contributed by atoms with Crippen molar-refractivity contribution in [3.8, 4) is 0 Å². The summed E-state index contributed by atoms with van der Waals surface area (Å²) in [5.74, 6) is -1.58. The van der Waals surface area contributed by atoms with Gasteiger partial charge in [-0.2, -0.15) is 0 Å². The Morgan fingerprint density at radius 1 is 0.750 bits per heavy atom. The summed E-state index contributed by atoms with van der Waals surface area (Å²) in [7, 11) is 0. The number of carbonyl (C=O) groups is 4. The molecule has 0 aliphatic heterocycles. The van der Waals surface area contributed by atoms with E-state index in [1.165, 1.54) is 6.92 Å². The number of ether oxygens (including phenoxy) is 1. The first kappa shape index (κ1) is 26.3. The van der Waals surface area contributed by atoms with Crippen LogP contribution >= 0.6 is 0 Å². The average Bonchev–Trinajstić information content (AvgIpc) is 2.89. The summed E-state index contributed by atoms with van der Waals surface area (Å²) >= 11 is 0. The van der Waals surface area contributed by atoms with E-state index in [0.29, 0.717) is 16.8 Å². The fraction of sp³-hybridized carbons (Fsp3) is 0.241. The predicted octanol–water partition coefficient (Wildman–Crippen LogP) is 4.96. The fourth-order valence-electron chi connectivity index (χ4n) is 3.47. The fourth-order valence-corrected chi connectivity index (χ4v) is 3.47. The molecule has 36 heavy (non-hydrogen) atoms. The molecule has 0 aromatic heterocycles. The van der Waals surface area contributed by atoms with Gasteiger partial charge in [-0.3, -0.25) is 19.2 Å². The van der Waals surface area contributed by atoms with Crippen LogP contribution in [0.2, 0.25) is 0 Å². The second-order valence-electron chi connectivity index (χ2n) is 8.72. The molecule has 0 radical (unpaired) electrons. The SMILES string of the molecule is CC(C)C(=O)Nc1ccc(C(=O)C(C)OC(=O)CC(NC(=O)c2ccccc2)c2ccccc2)cc1. The van der Waals surface area contributed by atoms with Crippen LogP contribution in [-0.2, 0) is 14.3 Å². The van der Waals surface area contributed by atoms with Crippen molar-refractivity contribution in [2.75, 3.05) is 5.32 Å². The maximum atomic E-state index is 12.8. The lowest BCUT2D eigenvalue weighted by molar-refractivity contribution is -0.146. The van der Waals surface area contributed by atoms with E-state index >= 15 is 0 Å². The van der Waals surface area contributed by atoms with Crippen molar-refractivity contribution in [2.45, 2.75) is 39.3 Å². The van der Waals surface area contributed by atoms with Gasteiger partial charge in [0.15, 0.2) is 6.10 Å². The lowest BCUT2D eigenvalue weighted by Gasteiger charge is -2.20.